The van der Waals surface area contributed by atoms with E-state index in [2.05, 4.69) is 20.6 Å². The highest BCUT2D eigenvalue weighted by Crippen LogP contribution is 2.24. The Morgan fingerprint density at radius 3 is 2.78 bits per heavy atom. The molecule has 0 radical (unpaired) electrons. The van der Waals surface area contributed by atoms with E-state index in [0.29, 0.717) is 5.16 Å². The lowest BCUT2D eigenvalue weighted by atomic mass is 10.3. The molecule has 3 heterocycles. The molecular formula is C15H18N6OS. The zero-order chi connectivity index (χ0) is 16.6. The van der Waals surface area contributed by atoms with Gasteiger partial charge in [0.2, 0.25) is 5.91 Å². The Morgan fingerprint density at radius 1 is 1.30 bits per heavy atom. The van der Waals surface area contributed by atoms with Crippen molar-refractivity contribution in [2.75, 3.05) is 5.32 Å². The molecular weight excluding hydrogens is 312 g/mol. The molecule has 1 N–H and O–H groups in total. The van der Waals surface area contributed by atoms with Crippen LogP contribution in [0.5, 0.6) is 0 Å². The van der Waals surface area contributed by atoms with Gasteiger partial charge in [0.15, 0.2) is 10.8 Å². The van der Waals surface area contributed by atoms with E-state index < -0.39 is 0 Å². The summed E-state index contributed by atoms with van der Waals surface area (Å²) < 4.78 is 3.63. The fraction of sp³-hybridized carbons (Fsp3) is 0.333. The minimum absolute atomic E-state index is 0.0816. The molecule has 0 saturated carbocycles. The molecule has 7 nitrogen and oxygen atoms in total. The van der Waals surface area contributed by atoms with E-state index in [9.17, 15) is 4.79 Å². The number of nitrogens with one attached hydrogen (secondary N) is 1. The van der Waals surface area contributed by atoms with Gasteiger partial charge < -0.3 is 5.32 Å². The monoisotopic (exact) mass is 330 g/mol. The number of nitrogens with zero attached hydrogens (tertiary/aromatic N) is 5. The summed E-state index contributed by atoms with van der Waals surface area (Å²) in [6, 6.07) is 5.69. The number of hydrogen-bond donors (Lipinski definition) is 1. The van der Waals surface area contributed by atoms with Crippen LogP contribution in [0.3, 0.4) is 0 Å². The minimum atomic E-state index is -0.304. The van der Waals surface area contributed by atoms with E-state index in [4.69, 9.17) is 0 Å². The third kappa shape index (κ3) is 2.94. The second-order valence-corrected chi connectivity index (χ2v) is 6.64. The van der Waals surface area contributed by atoms with Crippen LogP contribution in [-0.4, -0.2) is 35.5 Å². The zero-order valence-corrected chi connectivity index (χ0v) is 14.3. The van der Waals surface area contributed by atoms with Gasteiger partial charge in [-0.1, -0.05) is 17.8 Å². The molecule has 8 heteroatoms. The van der Waals surface area contributed by atoms with Gasteiger partial charge in [-0.2, -0.15) is 5.10 Å². The van der Waals surface area contributed by atoms with Crippen LogP contribution in [-0.2, 0) is 11.8 Å². The maximum absolute atomic E-state index is 12.5. The third-order valence-electron chi connectivity index (χ3n) is 3.69. The summed E-state index contributed by atoms with van der Waals surface area (Å²) in [7, 11) is 1.86. The van der Waals surface area contributed by atoms with Crippen molar-refractivity contribution in [2.45, 2.75) is 31.2 Å². The number of fused-ring (bicyclic) bond motifs is 1. The van der Waals surface area contributed by atoms with Crippen LogP contribution in [0.1, 0.15) is 18.3 Å². The first-order valence-electron chi connectivity index (χ1n) is 7.25. The maximum atomic E-state index is 12.5. The van der Waals surface area contributed by atoms with Crippen LogP contribution in [0, 0.1) is 13.8 Å². The van der Waals surface area contributed by atoms with E-state index in [1.807, 2.05) is 56.6 Å². The number of carbonyl (C=O) groups excluding carboxylic acids is 1. The summed E-state index contributed by atoms with van der Waals surface area (Å²) in [5, 5.41) is 15.9. The topological polar surface area (TPSA) is 77.1 Å². The molecule has 0 aromatic carbocycles. The molecule has 1 amide bonds. The highest BCUT2D eigenvalue weighted by atomic mass is 32.2. The van der Waals surface area contributed by atoms with Crippen LogP contribution in [0.25, 0.3) is 5.65 Å². The van der Waals surface area contributed by atoms with E-state index in [1.165, 1.54) is 11.8 Å². The van der Waals surface area contributed by atoms with Gasteiger partial charge in [-0.15, -0.1) is 10.2 Å². The van der Waals surface area contributed by atoms with Gasteiger partial charge in [-0.05, 0) is 32.9 Å². The summed E-state index contributed by atoms with van der Waals surface area (Å²) >= 11 is 1.38. The summed E-state index contributed by atoms with van der Waals surface area (Å²) in [5.41, 5.74) is 3.28. The summed E-state index contributed by atoms with van der Waals surface area (Å²) in [6.45, 7) is 5.66. The Morgan fingerprint density at radius 2 is 2.09 bits per heavy atom. The van der Waals surface area contributed by atoms with Gasteiger partial charge in [0.25, 0.3) is 0 Å². The smallest absolute Gasteiger partial charge is 0.237 e. The number of thioether (sulfide) groups is 1. The molecule has 120 valence electrons. The molecule has 0 saturated heterocycles. The molecule has 3 aromatic rings. The standard InChI is InChI=1S/C15H18N6OS/c1-9-13(10(2)20(4)19-9)16-14(22)11(3)23-15-18-17-12-7-5-6-8-21(12)15/h5-8,11H,1-4H3,(H,16,22). The number of anilines is 1. The number of amides is 1. The highest BCUT2D eigenvalue weighted by Gasteiger charge is 2.20. The number of pyridine rings is 1. The Labute approximate surface area is 138 Å². The van der Waals surface area contributed by atoms with E-state index in [-0.39, 0.29) is 11.2 Å². The predicted octanol–water partition coefficient (Wildman–Crippen LogP) is 2.20. The average Bonchev–Trinajstić information content (AvgIpc) is 3.04. The zero-order valence-electron chi connectivity index (χ0n) is 13.4. The summed E-state index contributed by atoms with van der Waals surface area (Å²) in [4.78, 5) is 12.5. The fourth-order valence-electron chi connectivity index (χ4n) is 2.29. The average molecular weight is 330 g/mol. The SMILES string of the molecule is Cc1nn(C)c(C)c1NC(=O)C(C)Sc1nnc2ccccn12. The van der Waals surface area contributed by atoms with Gasteiger partial charge >= 0.3 is 0 Å². The predicted molar refractivity (Wildman–Crippen MR) is 89.6 cm³/mol. The van der Waals surface area contributed by atoms with Gasteiger partial charge in [0.1, 0.15) is 0 Å². The molecule has 0 aliphatic heterocycles. The molecule has 1 unspecified atom stereocenters. The number of aromatic nitrogens is 5. The first kappa shape index (κ1) is 15.5. The van der Waals surface area contributed by atoms with Crippen molar-refractivity contribution in [2.24, 2.45) is 7.05 Å². The van der Waals surface area contributed by atoms with Gasteiger partial charge in [0.05, 0.1) is 22.3 Å². The third-order valence-corrected chi connectivity index (χ3v) is 4.75. The summed E-state index contributed by atoms with van der Waals surface area (Å²) in [6.07, 6.45) is 1.89. The van der Waals surface area contributed by atoms with Crippen molar-refractivity contribution < 1.29 is 4.79 Å². The second-order valence-electron chi connectivity index (χ2n) is 5.33. The van der Waals surface area contributed by atoms with Gasteiger partial charge in [-0.25, -0.2) is 0 Å². The van der Waals surface area contributed by atoms with Crippen molar-refractivity contribution in [3.8, 4) is 0 Å². The molecule has 0 aliphatic carbocycles. The Kier molecular flexibility index (Phi) is 4.08. The number of rotatable bonds is 4. The first-order chi connectivity index (χ1) is 11.0. The van der Waals surface area contributed by atoms with E-state index in [1.54, 1.807) is 4.68 Å². The molecule has 0 fully saturated rings. The molecule has 0 aliphatic rings. The van der Waals surface area contributed by atoms with Crippen molar-refractivity contribution in [3.05, 3.63) is 35.8 Å². The normalized spacial score (nSPS) is 12.5. The van der Waals surface area contributed by atoms with E-state index in [0.717, 1.165) is 22.7 Å². The van der Waals surface area contributed by atoms with Crippen LogP contribution in [0.4, 0.5) is 5.69 Å². The fourth-order valence-corrected chi connectivity index (χ4v) is 3.13. The van der Waals surface area contributed by atoms with Crippen LogP contribution < -0.4 is 5.32 Å². The Hall–Kier alpha value is -2.35. The lowest BCUT2D eigenvalue weighted by Gasteiger charge is -2.11. The van der Waals surface area contributed by atoms with Crippen molar-refractivity contribution in [3.63, 3.8) is 0 Å². The molecule has 0 bridgehead atoms. The largest absolute Gasteiger partial charge is 0.322 e. The lowest BCUT2D eigenvalue weighted by Crippen LogP contribution is -2.23. The van der Waals surface area contributed by atoms with Crippen LogP contribution >= 0.6 is 11.8 Å². The molecule has 23 heavy (non-hydrogen) atoms. The van der Waals surface area contributed by atoms with Crippen LogP contribution in [0.2, 0.25) is 0 Å². The quantitative estimate of drug-likeness (QED) is 0.742. The van der Waals surface area contributed by atoms with Crippen LogP contribution in [0.15, 0.2) is 29.6 Å². The van der Waals surface area contributed by atoms with Crippen molar-refractivity contribution >= 4 is 29.0 Å². The molecule has 3 rings (SSSR count). The molecule has 1 atom stereocenters. The van der Waals surface area contributed by atoms with Crippen molar-refractivity contribution in [1.29, 1.82) is 0 Å². The number of hydrogen-bond acceptors (Lipinski definition) is 5. The maximum Gasteiger partial charge on any atom is 0.237 e. The Balaban J connectivity index is 1.75. The van der Waals surface area contributed by atoms with Crippen molar-refractivity contribution in [1.82, 2.24) is 24.4 Å². The second kappa shape index (κ2) is 6.04. The molecule has 0 spiro atoms. The highest BCUT2D eigenvalue weighted by molar-refractivity contribution is 8.00. The van der Waals surface area contributed by atoms with Gasteiger partial charge in [-0.3, -0.25) is 13.9 Å². The lowest BCUT2D eigenvalue weighted by molar-refractivity contribution is -0.115. The summed E-state index contributed by atoms with van der Waals surface area (Å²) in [5.74, 6) is -0.0816. The first-order valence-corrected chi connectivity index (χ1v) is 8.13. The number of carbonyl (C=O) groups is 1. The van der Waals surface area contributed by atoms with E-state index >= 15 is 0 Å². The number of aryl methyl sites for hydroxylation is 2. The Bertz CT molecular complexity index is 868. The minimum Gasteiger partial charge on any atom is -0.322 e. The molecule has 3 aromatic heterocycles. The van der Waals surface area contributed by atoms with Gasteiger partial charge in [0, 0.05) is 13.2 Å².